The van der Waals surface area contributed by atoms with Gasteiger partial charge in [-0.3, -0.25) is 9.59 Å². The van der Waals surface area contributed by atoms with E-state index >= 15 is 0 Å². The van der Waals surface area contributed by atoms with Crippen molar-refractivity contribution in [3.63, 3.8) is 0 Å². The first-order valence-corrected chi connectivity index (χ1v) is 7.80. The van der Waals surface area contributed by atoms with E-state index in [4.69, 9.17) is 0 Å². The predicted octanol–water partition coefficient (Wildman–Crippen LogP) is 3.14. The lowest BCUT2D eigenvalue weighted by molar-refractivity contribution is -0.115. The van der Waals surface area contributed by atoms with E-state index < -0.39 is 5.91 Å². The second-order valence-electron chi connectivity index (χ2n) is 5.21. The Bertz CT molecular complexity index is 759. The van der Waals surface area contributed by atoms with E-state index in [9.17, 15) is 14.7 Å². The zero-order chi connectivity index (χ0) is 17.0. The highest BCUT2D eigenvalue weighted by Crippen LogP contribution is 2.20. The number of carbonyl (C=O) groups is 2. The van der Waals surface area contributed by atoms with Crippen molar-refractivity contribution in [3.8, 4) is 5.75 Å². The molecule has 0 heterocycles. The average molecular weight is 377 g/mol. The van der Waals surface area contributed by atoms with Gasteiger partial charge in [0.15, 0.2) is 0 Å². The maximum atomic E-state index is 12.0. The van der Waals surface area contributed by atoms with Crippen LogP contribution in [-0.2, 0) is 4.79 Å². The van der Waals surface area contributed by atoms with Gasteiger partial charge in [0.25, 0.3) is 5.91 Å². The molecule has 0 radical (unpaired) electrons. The first kappa shape index (κ1) is 17.0. The van der Waals surface area contributed by atoms with Gasteiger partial charge in [-0.1, -0.05) is 22.0 Å². The van der Waals surface area contributed by atoms with E-state index in [1.807, 2.05) is 26.0 Å². The molecule has 0 atom stereocenters. The molecule has 0 saturated carbocycles. The van der Waals surface area contributed by atoms with Crippen molar-refractivity contribution in [2.24, 2.45) is 0 Å². The lowest BCUT2D eigenvalue weighted by Gasteiger charge is -2.10. The maximum Gasteiger partial charge on any atom is 0.255 e. The van der Waals surface area contributed by atoms with Crippen LogP contribution in [0.3, 0.4) is 0 Å². The van der Waals surface area contributed by atoms with Crippen molar-refractivity contribution < 1.29 is 14.7 Å². The first-order chi connectivity index (χ1) is 10.9. The second kappa shape index (κ2) is 7.28. The molecule has 0 aliphatic rings. The Hall–Kier alpha value is -2.34. The van der Waals surface area contributed by atoms with Gasteiger partial charge in [-0.05, 0) is 55.3 Å². The summed E-state index contributed by atoms with van der Waals surface area (Å²) in [4.78, 5) is 23.9. The number of nitrogens with one attached hydrogen (secondary N) is 2. The fourth-order valence-corrected chi connectivity index (χ4v) is 2.53. The van der Waals surface area contributed by atoms with Crippen molar-refractivity contribution >= 4 is 33.4 Å². The number of amides is 2. The summed E-state index contributed by atoms with van der Waals surface area (Å²) < 4.78 is 0.927. The standard InChI is InChI=1S/C17H17BrN2O3/c1-10-3-5-13(15(21)7-10)17(23)19-9-16(22)20-14-6-4-12(18)8-11(14)2/h3-8,21H,9H2,1-2H3,(H,19,23)(H,20,22). The van der Waals surface area contributed by atoms with Crippen LogP contribution in [0.5, 0.6) is 5.75 Å². The van der Waals surface area contributed by atoms with Crippen molar-refractivity contribution in [1.29, 1.82) is 0 Å². The van der Waals surface area contributed by atoms with Crippen LogP contribution >= 0.6 is 15.9 Å². The lowest BCUT2D eigenvalue weighted by atomic mass is 10.1. The van der Waals surface area contributed by atoms with E-state index in [2.05, 4.69) is 26.6 Å². The highest BCUT2D eigenvalue weighted by atomic mass is 79.9. The number of hydrogen-bond acceptors (Lipinski definition) is 3. The monoisotopic (exact) mass is 376 g/mol. The number of phenols is 1. The van der Waals surface area contributed by atoms with Gasteiger partial charge in [-0.2, -0.15) is 0 Å². The van der Waals surface area contributed by atoms with Crippen LogP contribution in [-0.4, -0.2) is 23.5 Å². The molecular weight excluding hydrogens is 360 g/mol. The molecule has 0 spiro atoms. The molecular formula is C17H17BrN2O3. The molecule has 0 aromatic heterocycles. The number of halogens is 1. The van der Waals surface area contributed by atoms with Crippen LogP contribution < -0.4 is 10.6 Å². The Morgan fingerprint density at radius 3 is 2.52 bits per heavy atom. The molecule has 23 heavy (non-hydrogen) atoms. The van der Waals surface area contributed by atoms with E-state index in [1.165, 1.54) is 12.1 Å². The van der Waals surface area contributed by atoms with Gasteiger partial charge in [0, 0.05) is 10.2 Å². The van der Waals surface area contributed by atoms with Gasteiger partial charge < -0.3 is 15.7 Å². The number of aryl methyl sites for hydroxylation is 2. The molecule has 6 heteroatoms. The number of aromatic hydroxyl groups is 1. The van der Waals surface area contributed by atoms with E-state index in [-0.39, 0.29) is 23.8 Å². The Morgan fingerprint density at radius 2 is 1.87 bits per heavy atom. The predicted molar refractivity (Wildman–Crippen MR) is 92.7 cm³/mol. The van der Waals surface area contributed by atoms with E-state index in [0.29, 0.717) is 5.69 Å². The minimum atomic E-state index is -0.495. The second-order valence-corrected chi connectivity index (χ2v) is 6.13. The number of phenolic OH excluding ortho intramolecular Hbond substituents is 1. The Kier molecular flexibility index (Phi) is 5.39. The highest BCUT2D eigenvalue weighted by Gasteiger charge is 2.12. The molecule has 0 fully saturated rings. The Morgan fingerprint density at radius 1 is 1.13 bits per heavy atom. The number of hydrogen-bond donors (Lipinski definition) is 3. The van der Waals surface area contributed by atoms with Crippen molar-refractivity contribution in [2.45, 2.75) is 13.8 Å². The summed E-state index contributed by atoms with van der Waals surface area (Å²) in [6, 6.07) is 10.2. The van der Waals surface area contributed by atoms with Gasteiger partial charge in [-0.25, -0.2) is 0 Å². The fourth-order valence-electron chi connectivity index (χ4n) is 2.05. The Labute approximate surface area is 142 Å². The molecule has 0 aliphatic heterocycles. The van der Waals surface area contributed by atoms with Crippen LogP contribution in [0.15, 0.2) is 40.9 Å². The summed E-state index contributed by atoms with van der Waals surface area (Å²) in [7, 11) is 0. The van der Waals surface area contributed by atoms with Crippen LogP contribution in [0, 0.1) is 13.8 Å². The zero-order valence-corrected chi connectivity index (χ0v) is 14.4. The lowest BCUT2D eigenvalue weighted by Crippen LogP contribution is -2.33. The Balaban J connectivity index is 1.94. The van der Waals surface area contributed by atoms with E-state index in [0.717, 1.165) is 15.6 Å². The molecule has 0 bridgehead atoms. The van der Waals surface area contributed by atoms with Crippen LogP contribution in [0.25, 0.3) is 0 Å². The molecule has 0 aliphatic carbocycles. The van der Waals surface area contributed by atoms with Gasteiger partial charge in [0.1, 0.15) is 5.75 Å². The summed E-state index contributed by atoms with van der Waals surface area (Å²) in [6.45, 7) is 3.51. The minimum absolute atomic E-state index is 0.105. The third-order valence-corrected chi connectivity index (χ3v) is 3.76. The van der Waals surface area contributed by atoms with Gasteiger partial charge in [0.05, 0.1) is 12.1 Å². The third kappa shape index (κ3) is 4.56. The highest BCUT2D eigenvalue weighted by molar-refractivity contribution is 9.10. The van der Waals surface area contributed by atoms with Gasteiger partial charge >= 0.3 is 0 Å². The quantitative estimate of drug-likeness (QED) is 0.766. The van der Waals surface area contributed by atoms with E-state index in [1.54, 1.807) is 12.1 Å². The fraction of sp³-hybridized carbons (Fsp3) is 0.176. The molecule has 5 nitrogen and oxygen atoms in total. The summed E-state index contributed by atoms with van der Waals surface area (Å²) in [5.41, 5.74) is 2.59. The maximum absolute atomic E-state index is 12.0. The molecule has 2 rings (SSSR count). The normalized spacial score (nSPS) is 10.2. The number of carbonyl (C=O) groups excluding carboxylic acids is 2. The molecule has 2 aromatic carbocycles. The molecule has 2 aromatic rings. The SMILES string of the molecule is Cc1ccc(C(=O)NCC(=O)Nc2ccc(Br)cc2C)c(O)c1. The molecule has 3 N–H and O–H groups in total. The van der Waals surface area contributed by atoms with Crippen molar-refractivity contribution in [1.82, 2.24) is 5.32 Å². The first-order valence-electron chi connectivity index (χ1n) is 7.00. The van der Waals surface area contributed by atoms with Gasteiger partial charge in [0.2, 0.25) is 5.91 Å². The third-order valence-electron chi connectivity index (χ3n) is 3.27. The topological polar surface area (TPSA) is 78.4 Å². The summed E-state index contributed by atoms with van der Waals surface area (Å²) >= 11 is 3.36. The molecule has 0 unspecified atom stereocenters. The van der Waals surface area contributed by atoms with Crippen molar-refractivity contribution in [2.75, 3.05) is 11.9 Å². The van der Waals surface area contributed by atoms with Gasteiger partial charge in [-0.15, -0.1) is 0 Å². The largest absolute Gasteiger partial charge is 0.507 e. The van der Waals surface area contributed by atoms with Crippen LogP contribution in [0.1, 0.15) is 21.5 Å². The number of benzene rings is 2. The number of anilines is 1. The van der Waals surface area contributed by atoms with Crippen LogP contribution in [0.2, 0.25) is 0 Å². The summed E-state index contributed by atoms with van der Waals surface area (Å²) in [5.74, 6) is -0.938. The molecule has 2 amide bonds. The van der Waals surface area contributed by atoms with Crippen molar-refractivity contribution in [3.05, 3.63) is 57.6 Å². The minimum Gasteiger partial charge on any atom is -0.507 e. The average Bonchev–Trinajstić information content (AvgIpc) is 2.48. The van der Waals surface area contributed by atoms with Crippen LogP contribution in [0.4, 0.5) is 5.69 Å². The summed E-state index contributed by atoms with van der Waals surface area (Å²) in [5, 5.41) is 15.0. The smallest absolute Gasteiger partial charge is 0.255 e. The number of rotatable bonds is 4. The molecule has 120 valence electrons. The zero-order valence-electron chi connectivity index (χ0n) is 12.8. The summed E-state index contributed by atoms with van der Waals surface area (Å²) in [6.07, 6.45) is 0. The molecule has 0 saturated heterocycles.